The summed E-state index contributed by atoms with van der Waals surface area (Å²) in [6.07, 6.45) is 2.13. The van der Waals surface area contributed by atoms with Crippen LogP contribution in [0.5, 0.6) is 0 Å². The molecule has 186 valence electrons. The molecule has 6 nitrogen and oxygen atoms in total. The molecule has 2 atom stereocenters. The summed E-state index contributed by atoms with van der Waals surface area (Å²) in [7, 11) is 0. The molecule has 0 radical (unpaired) electrons. The third-order valence-electron chi connectivity index (χ3n) is 6.60. The predicted octanol–water partition coefficient (Wildman–Crippen LogP) is 4.42. The van der Waals surface area contributed by atoms with Gasteiger partial charge in [-0.1, -0.05) is 72.3 Å². The van der Waals surface area contributed by atoms with Gasteiger partial charge in [0.1, 0.15) is 11.8 Å². The van der Waals surface area contributed by atoms with Crippen LogP contribution in [0.15, 0.2) is 83.9 Å². The highest BCUT2D eigenvalue weighted by molar-refractivity contribution is 6.30. The number of halogens is 1. The number of nitrogens with zero attached hydrogens (tertiary/aromatic N) is 2. The van der Waals surface area contributed by atoms with Gasteiger partial charge >= 0.3 is 0 Å². The van der Waals surface area contributed by atoms with Gasteiger partial charge in [0.15, 0.2) is 5.96 Å². The van der Waals surface area contributed by atoms with Crippen LogP contribution in [0.25, 0.3) is 11.1 Å². The van der Waals surface area contributed by atoms with Crippen molar-refractivity contribution in [3.05, 3.63) is 95.0 Å². The van der Waals surface area contributed by atoms with Crippen molar-refractivity contribution < 1.29 is 9.59 Å². The van der Waals surface area contributed by atoms with E-state index in [0.29, 0.717) is 24.5 Å². The van der Waals surface area contributed by atoms with E-state index in [1.165, 1.54) is 0 Å². The smallest absolute Gasteiger partial charge is 0.226 e. The Morgan fingerprint density at radius 2 is 1.83 bits per heavy atom. The molecule has 0 aromatic heterocycles. The number of aldehydes is 1. The lowest BCUT2D eigenvalue weighted by molar-refractivity contribution is -0.129. The van der Waals surface area contributed by atoms with E-state index in [9.17, 15) is 9.59 Å². The third kappa shape index (κ3) is 6.32. The molecule has 3 N–H and O–H groups in total. The van der Waals surface area contributed by atoms with Crippen LogP contribution in [0.3, 0.4) is 0 Å². The first kappa shape index (κ1) is 25.5. The molecule has 1 fully saturated rings. The number of likely N-dealkylation sites (tertiary alicyclic amines) is 1. The third-order valence-corrected chi connectivity index (χ3v) is 6.84. The van der Waals surface area contributed by atoms with E-state index in [4.69, 9.17) is 17.3 Å². The van der Waals surface area contributed by atoms with Crippen LogP contribution < -0.4 is 11.1 Å². The Labute approximate surface area is 217 Å². The Kier molecular flexibility index (Phi) is 8.06. The highest BCUT2D eigenvalue weighted by atomic mass is 35.5. The quantitative estimate of drug-likeness (QED) is 0.271. The first-order chi connectivity index (χ1) is 17.4. The zero-order valence-corrected chi connectivity index (χ0v) is 21.1. The standard InChI is InChI=1S/C29H31ClN4O2/c1-29(20-35,25-11-5-9-23(16-25)24-10-6-12-26(30)17-24)33-28(31)32-18-22-13-14-34(19-22)27(36)15-21-7-3-2-4-8-21/h2-12,16-17,20,22H,13-15,18-19H2,1H3,(H3,31,32,33)/t22-,29?/m1/s1. The summed E-state index contributed by atoms with van der Waals surface area (Å²) in [5.41, 5.74) is 8.86. The first-order valence-corrected chi connectivity index (χ1v) is 12.5. The molecule has 0 spiro atoms. The summed E-state index contributed by atoms with van der Waals surface area (Å²) in [6.45, 7) is 3.65. The summed E-state index contributed by atoms with van der Waals surface area (Å²) in [5.74, 6) is 0.567. The number of nitrogens with one attached hydrogen (secondary N) is 1. The maximum absolute atomic E-state index is 12.6. The van der Waals surface area contributed by atoms with Gasteiger partial charge in [0.2, 0.25) is 5.91 Å². The second-order valence-electron chi connectivity index (χ2n) is 9.42. The Balaban J connectivity index is 1.37. The average Bonchev–Trinajstić information content (AvgIpc) is 3.37. The molecular formula is C29H31ClN4O2. The zero-order valence-electron chi connectivity index (χ0n) is 20.4. The highest BCUT2D eigenvalue weighted by Gasteiger charge is 2.28. The van der Waals surface area contributed by atoms with Gasteiger partial charge in [-0.2, -0.15) is 0 Å². The van der Waals surface area contributed by atoms with Crippen LogP contribution in [-0.2, 0) is 21.5 Å². The summed E-state index contributed by atoms with van der Waals surface area (Å²) >= 11 is 6.15. The van der Waals surface area contributed by atoms with Crippen molar-refractivity contribution in [2.45, 2.75) is 25.3 Å². The minimum Gasteiger partial charge on any atom is -0.370 e. The first-order valence-electron chi connectivity index (χ1n) is 12.1. The zero-order chi connectivity index (χ0) is 25.5. The van der Waals surface area contributed by atoms with Gasteiger partial charge in [0.25, 0.3) is 0 Å². The summed E-state index contributed by atoms with van der Waals surface area (Å²) in [5, 5.41) is 3.74. The lowest BCUT2D eigenvalue weighted by Gasteiger charge is -2.26. The van der Waals surface area contributed by atoms with Crippen molar-refractivity contribution in [2.75, 3.05) is 19.6 Å². The fourth-order valence-electron chi connectivity index (χ4n) is 4.48. The molecule has 0 aliphatic carbocycles. The molecule has 3 aromatic rings. The Morgan fingerprint density at radius 3 is 2.56 bits per heavy atom. The van der Waals surface area contributed by atoms with Crippen molar-refractivity contribution in [2.24, 2.45) is 16.6 Å². The average molecular weight is 503 g/mol. The van der Waals surface area contributed by atoms with E-state index >= 15 is 0 Å². The van der Waals surface area contributed by atoms with Gasteiger partial charge in [-0.3, -0.25) is 9.79 Å². The number of nitrogens with two attached hydrogens (primary N) is 1. The van der Waals surface area contributed by atoms with E-state index in [0.717, 1.165) is 41.5 Å². The number of carbonyl (C=O) groups excluding carboxylic acids is 2. The highest BCUT2D eigenvalue weighted by Crippen LogP contribution is 2.27. The molecule has 1 amide bonds. The molecule has 3 aromatic carbocycles. The minimum atomic E-state index is -1.05. The SMILES string of the molecule is CC(C=O)(NC(N)=NC[C@H]1CCN(C(=O)Cc2ccccc2)C1)c1cccc(-c2cccc(Cl)c2)c1. The van der Waals surface area contributed by atoms with Crippen molar-refractivity contribution in [1.29, 1.82) is 0 Å². The van der Waals surface area contributed by atoms with Crippen molar-refractivity contribution in [3.63, 3.8) is 0 Å². The minimum absolute atomic E-state index is 0.131. The molecule has 0 saturated carbocycles. The maximum Gasteiger partial charge on any atom is 0.226 e. The van der Waals surface area contributed by atoms with E-state index in [-0.39, 0.29) is 17.8 Å². The van der Waals surface area contributed by atoms with Crippen molar-refractivity contribution in [3.8, 4) is 11.1 Å². The fraction of sp³-hybridized carbons (Fsp3) is 0.276. The summed E-state index contributed by atoms with van der Waals surface area (Å²) in [4.78, 5) is 31.2. The number of rotatable bonds is 8. The van der Waals surface area contributed by atoms with Gasteiger partial charge in [-0.25, -0.2) is 0 Å². The number of hydrogen-bond donors (Lipinski definition) is 2. The van der Waals surface area contributed by atoms with Crippen LogP contribution in [0.1, 0.15) is 24.5 Å². The predicted molar refractivity (Wildman–Crippen MR) is 145 cm³/mol. The van der Waals surface area contributed by atoms with Gasteiger partial charge in [0.05, 0.1) is 6.42 Å². The molecule has 1 aliphatic rings. The molecule has 0 bridgehead atoms. The summed E-state index contributed by atoms with van der Waals surface area (Å²) < 4.78 is 0. The molecule has 1 saturated heterocycles. The Hall–Kier alpha value is -3.64. The van der Waals surface area contributed by atoms with Gasteiger partial charge in [0, 0.05) is 24.7 Å². The van der Waals surface area contributed by atoms with Gasteiger partial charge < -0.3 is 20.7 Å². The number of aliphatic imine (C=N–C) groups is 1. The van der Waals surface area contributed by atoms with Crippen LogP contribution in [-0.4, -0.2) is 42.7 Å². The lowest BCUT2D eigenvalue weighted by atomic mass is 9.91. The second kappa shape index (κ2) is 11.4. The van der Waals surface area contributed by atoms with Crippen LogP contribution in [0, 0.1) is 5.92 Å². The topological polar surface area (TPSA) is 87.8 Å². The van der Waals surface area contributed by atoms with Gasteiger partial charge in [-0.05, 0) is 59.7 Å². The normalized spacial score (nSPS) is 17.4. The fourth-order valence-corrected chi connectivity index (χ4v) is 4.67. The van der Waals surface area contributed by atoms with Crippen LogP contribution >= 0.6 is 11.6 Å². The number of guanidine groups is 1. The monoisotopic (exact) mass is 502 g/mol. The molecule has 4 rings (SSSR count). The molecular weight excluding hydrogens is 472 g/mol. The lowest BCUT2D eigenvalue weighted by Crippen LogP contribution is -2.48. The maximum atomic E-state index is 12.6. The molecule has 7 heteroatoms. The largest absolute Gasteiger partial charge is 0.370 e. The van der Waals surface area contributed by atoms with E-state index in [1.54, 1.807) is 6.92 Å². The van der Waals surface area contributed by atoms with E-state index in [1.807, 2.05) is 83.8 Å². The number of carbonyl (C=O) groups is 2. The molecule has 1 aliphatic heterocycles. The van der Waals surface area contributed by atoms with Crippen molar-refractivity contribution in [1.82, 2.24) is 10.2 Å². The van der Waals surface area contributed by atoms with Crippen LogP contribution in [0.4, 0.5) is 0 Å². The number of amides is 1. The van der Waals surface area contributed by atoms with Crippen molar-refractivity contribution >= 4 is 29.8 Å². The number of benzene rings is 3. The molecule has 36 heavy (non-hydrogen) atoms. The molecule has 1 unspecified atom stereocenters. The Morgan fingerprint density at radius 1 is 1.11 bits per heavy atom. The summed E-state index contributed by atoms with van der Waals surface area (Å²) in [6, 6.07) is 25.1. The molecule has 1 heterocycles. The van der Waals surface area contributed by atoms with E-state index in [2.05, 4.69) is 10.3 Å². The number of hydrogen-bond acceptors (Lipinski definition) is 3. The van der Waals surface area contributed by atoms with E-state index < -0.39 is 5.54 Å². The Bertz CT molecular complexity index is 1250. The van der Waals surface area contributed by atoms with Gasteiger partial charge in [-0.15, -0.1) is 0 Å². The van der Waals surface area contributed by atoms with Crippen LogP contribution in [0.2, 0.25) is 5.02 Å². The second-order valence-corrected chi connectivity index (χ2v) is 9.86.